The maximum atomic E-state index is 9.10. The number of nitrogens with zero attached hydrogens (tertiary/aromatic N) is 5. The van der Waals surface area contributed by atoms with E-state index in [1.807, 2.05) is 35.6 Å². The van der Waals surface area contributed by atoms with Crippen molar-refractivity contribution in [3.05, 3.63) is 29.3 Å². The summed E-state index contributed by atoms with van der Waals surface area (Å²) in [5.41, 5.74) is 4.28. The lowest BCUT2D eigenvalue weighted by molar-refractivity contribution is 0.0360. The molecule has 0 saturated carbocycles. The van der Waals surface area contributed by atoms with Crippen molar-refractivity contribution in [1.82, 2.24) is 24.5 Å². The van der Waals surface area contributed by atoms with Gasteiger partial charge in [-0.25, -0.2) is 0 Å². The first-order chi connectivity index (χ1) is 12.2. The van der Waals surface area contributed by atoms with Crippen LogP contribution in [0.25, 0.3) is 0 Å². The van der Waals surface area contributed by atoms with Crippen molar-refractivity contribution in [2.24, 2.45) is 0 Å². The molecule has 0 unspecified atom stereocenters. The summed E-state index contributed by atoms with van der Waals surface area (Å²) in [5.74, 6) is 0. The number of aliphatic hydroxyl groups excluding tert-OH is 1. The second kappa shape index (κ2) is 8.46. The van der Waals surface area contributed by atoms with Gasteiger partial charge >= 0.3 is 0 Å². The first-order valence-corrected chi connectivity index (χ1v) is 8.87. The van der Waals surface area contributed by atoms with Crippen molar-refractivity contribution in [1.29, 1.82) is 0 Å². The lowest BCUT2D eigenvalue weighted by Crippen LogP contribution is -2.38. The fraction of sp³-hybridized carbons (Fsp3) is 0.647. The van der Waals surface area contributed by atoms with Crippen LogP contribution in [0.4, 0.5) is 5.69 Å². The Morgan fingerprint density at radius 1 is 1.20 bits per heavy atom. The minimum Gasteiger partial charge on any atom is -0.394 e. The molecule has 0 amide bonds. The Morgan fingerprint density at radius 2 is 2.00 bits per heavy atom. The molecular formula is C17H28N6O2. The molecule has 138 valence electrons. The summed E-state index contributed by atoms with van der Waals surface area (Å²) in [6, 6.07) is 0. The van der Waals surface area contributed by atoms with Crippen molar-refractivity contribution in [3.63, 3.8) is 0 Å². The number of ether oxygens (including phenoxy) is 1. The van der Waals surface area contributed by atoms with E-state index in [1.54, 1.807) is 0 Å². The number of hydrogen-bond acceptors (Lipinski definition) is 6. The zero-order valence-electron chi connectivity index (χ0n) is 15.1. The van der Waals surface area contributed by atoms with Crippen molar-refractivity contribution in [3.8, 4) is 0 Å². The number of aryl methyl sites for hydroxylation is 1. The molecule has 3 rings (SSSR count). The van der Waals surface area contributed by atoms with E-state index in [0.717, 1.165) is 56.5 Å². The van der Waals surface area contributed by atoms with Gasteiger partial charge in [-0.15, -0.1) is 0 Å². The second-order valence-electron chi connectivity index (χ2n) is 6.40. The first kappa shape index (κ1) is 17.9. The Labute approximate surface area is 148 Å². The highest BCUT2D eigenvalue weighted by Gasteiger charge is 2.12. The summed E-state index contributed by atoms with van der Waals surface area (Å²) in [6.07, 6.45) is 3.91. The van der Waals surface area contributed by atoms with Crippen molar-refractivity contribution >= 4 is 5.69 Å². The Hall–Kier alpha value is -1.90. The molecule has 2 aromatic rings. The van der Waals surface area contributed by atoms with E-state index in [9.17, 15) is 0 Å². The molecule has 25 heavy (non-hydrogen) atoms. The van der Waals surface area contributed by atoms with Crippen LogP contribution in [0.3, 0.4) is 0 Å². The van der Waals surface area contributed by atoms with E-state index in [1.165, 1.54) is 5.56 Å². The Bertz CT molecular complexity index is 675. The number of anilines is 1. The zero-order valence-corrected chi connectivity index (χ0v) is 15.1. The zero-order chi connectivity index (χ0) is 17.6. The fourth-order valence-corrected chi connectivity index (χ4v) is 3.14. The normalized spacial score (nSPS) is 15.6. The van der Waals surface area contributed by atoms with Gasteiger partial charge in [-0.05, 0) is 13.8 Å². The van der Waals surface area contributed by atoms with Crippen LogP contribution in [0.15, 0.2) is 12.4 Å². The molecular weight excluding hydrogens is 320 g/mol. The molecule has 0 atom stereocenters. The predicted octanol–water partition coefficient (Wildman–Crippen LogP) is 0.633. The van der Waals surface area contributed by atoms with Gasteiger partial charge in [0.1, 0.15) is 0 Å². The first-order valence-electron chi connectivity index (χ1n) is 8.87. The maximum absolute atomic E-state index is 9.10. The third kappa shape index (κ3) is 4.59. The molecule has 0 aliphatic carbocycles. The molecule has 0 bridgehead atoms. The molecule has 2 N–H and O–H groups in total. The van der Waals surface area contributed by atoms with Crippen LogP contribution in [0.1, 0.15) is 17.0 Å². The largest absolute Gasteiger partial charge is 0.394 e. The van der Waals surface area contributed by atoms with Gasteiger partial charge in [0, 0.05) is 43.6 Å². The highest BCUT2D eigenvalue weighted by atomic mass is 16.5. The highest BCUT2D eigenvalue weighted by Crippen LogP contribution is 2.15. The summed E-state index contributed by atoms with van der Waals surface area (Å²) in [5, 5.41) is 21.4. The fourth-order valence-electron chi connectivity index (χ4n) is 3.14. The molecule has 1 aliphatic heterocycles. The minimum atomic E-state index is 0.102. The number of nitrogens with one attached hydrogen (secondary N) is 1. The summed E-state index contributed by atoms with van der Waals surface area (Å²) < 4.78 is 9.21. The monoisotopic (exact) mass is 348 g/mol. The molecule has 1 fully saturated rings. The molecule has 0 spiro atoms. The van der Waals surface area contributed by atoms with Crippen LogP contribution >= 0.6 is 0 Å². The Morgan fingerprint density at radius 3 is 2.76 bits per heavy atom. The van der Waals surface area contributed by atoms with Gasteiger partial charge in [-0.3, -0.25) is 14.3 Å². The standard InChI is InChI=1S/C17H28N6O2/c1-14-17(15(2)23(20-14)5-8-24)12-18-16-11-19-22(13-16)4-3-21-6-9-25-10-7-21/h11,13,18,24H,3-10,12H2,1-2H3. The van der Waals surface area contributed by atoms with E-state index in [2.05, 4.69) is 20.4 Å². The number of hydrogen-bond donors (Lipinski definition) is 2. The van der Waals surface area contributed by atoms with Crippen molar-refractivity contribution < 1.29 is 9.84 Å². The van der Waals surface area contributed by atoms with Gasteiger partial charge in [0.2, 0.25) is 0 Å². The molecule has 2 aromatic heterocycles. The lowest BCUT2D eigenvalue weighted by atomic mass is 10.2. The van der Waals surface area contributed by atoms with E-state index < -0.39 is 0 Å². The molecule has 3 heterocycles. The molecule has 8 heteroatoms. The van der Waals surface area contributed by atoms with Crippen LogP contribution in [-0.4, -0.2) is 69.0 Å². The summed E-state index contributed by atoms with van der Waals surface area (Å²) in [7, 11) is 0. The highest BCUT2D eigenvalue weighted by molar-refractivity contribution is 5.40. The SMILES string of the molecule is Cc1nn(CCO)c(C)c1CNc1cnn(CCN2CCOCC2)c1. The summed E-state index contributed by atoms with van der Waals surface area (Å²) in [4.78, 5) is 2.40. The van der Waals surface area contributed by atoms with E-state index in [4.69, 9.17) is 9.84 Å². The van der Waals surface area contributed by atoms with Crippen LogP contribution in [-0.2, 0) is 24.4 Å². The number of morpholine rings is 1. The summed E-state index contributed by atoms with van der Waals surface area (Å²) in [6.45, 7) is 10.9. The molecule has 8 nitrogen and oxygen atoms in total. The third-order valence-corrected chi connectivity index (χ3v) is 4.69. The van der Waals surface area contributed by atoms with Gasteiger partial charge in [0.15, 0.2) is 0 Å². The van der Waals surface area contributed by atoms with Gasteiger partial charge in [-0.2, -0.15) is 10.2 Å². The average molecular weight is 348 g/mol. The number of aliphatic hydroxyl groups is 1. The minimum absolute atomic E-state index is 0.102. The second-order valence-corrected chi connectivity index (χ2v) is 6.40. The maximum Gasteiger partial charge on any atom is 0.0729 e. The number of aromatic nitrogens is 4. The molecule has 1 saturated heterocycles. The van der Waals surface area contributed by atoms with Crippen LogP contribution in [0, 0.1) is 13.8 Å². The summed E-state index contributed by atoms with van der Waals surface area (Å²) >= 11 is 0. The Balaban J connectivity index is 1.51. The van der Waals surface area contributed by atoms with E-state index >= 15 is 0 Å². The average Bonchev–Trinajstić information content (AvgIpc) is 3.18. The predicted molar refractivity (Wildman–Crippen MR) is 95.6 cm³/mol. The van der Waals surface area contributed by atoms with E-state index in [0.29, 0.717) is 13.1 Å². The smallest absolute Gasteiger partial charge is 0.0729 e. The Kier molecular flexibility index (Phi) is 6.06. The van der Waals surface area contributed by atoms with Crippen LogP contribution in [0.2, 0.25) is 0 Å². The van der Waals surface area contributed by atoms with Crippen molar-refractivity contribution in [2.75, 3.05) is 44.8 Å². The quantitative estimate of drug-likeness (QED) is 0.728. The molecule has 0 aromatic carbocycles. The van der Waals surface area contributed by atoms with Gasteiger partial charge in [-0.1, -0.05) is 0 Å². The van der Waals surface area contributed by atoms with Crippen LogP contribution in [0.5, 0.6) is 0 Å². The van der Waals surface area contributed by atoms with Gasteiger partial charge < -0.3 is 15.2 Å². The van der Waals surface area contributed by atoms with Crippen molar-refractivity contribution in [2.45, 2.75) is 33.5 Å². The molecule has 0 radical (unpaired) electrons. The van der Waals surface area contributed by atoms with Gasteiger partial charge in [0.25, 0.3) is 0 Å². The number of rotatable bonds is 8. The topological polar surface area (TPSA) is 80.4 Å². The van der Waals surface area contributed by atoms with Gasteiger partial charge in [0.05, 0.1) is 50.5 Å². The van der Waals surface area contributed by atoms with Crippen LogP contribution < -0.4 is 5.32 Å². The van der Waals surface area contributed by atoms with E-state index in [-0.39, 0.29) is 6.61 Å². The molecule has 1 aliphatic rings. The third-order valence-electron chi connectivity index (χ3n) is 4.69. The lowest BCUT2D eigenvalue weighted by Gasteiger charge is -2.26.